The van der Waals surface area contributed by atoms with Crippen LogP contribution >= 0.6 is 11.3 Å². The number of nitrogens with one attached hydrogen (secondary N) is 1. The van der Waals surface area contributed by atoms with Crippen molar-refractivity contribution in [3.8, 4) is 22.1 Å². The first-order valence-electron chi connectivity index (χ1n) is 8.24. The molecule has 2 aromatic heterocycles. The molecule has 1 unspecified atom stereocenters. The maximum absolute atomic E-state index is 12.5. The molecule has 1 atom stereocenters. The highest BCUT2D eigenvalue weighted by Gasteiger charge is 2.22. The molecule has 1 aromatic carbocycles. The second kappa shape index (κ2) is 7.35. The molecular formula is C18H17NO6S2. The van der Waals surface area contributed by atoms with E-state index in [9.17, 15) is 13.5 Å². The number of sulfonamides is 1. The molecule has 3 heterocycles. The molecule has 0 radical (unpaired) electrons. The van der Waals surface area contributed by atoms with Gasteiger partial charge in [-0.2, -0.15) is 0 Å². The highest BCUT2D eigenvalue weighted by Crippen LogP contribution is 2.32. The number of ether oxygens (including phenoxy) is 2. The highest BCUT2D eigenvalue weighted by molar-refractivity contribution is 7.89. The van der Waals surface area contributed by atoms with E-state index in [-0.39, 0.29) is 11.4 Å². The lowest BCUT2D eigenvalue weighted by Gasteiger charge is -2.19. The van der Waals surface area contributed by atoms with Crippen LogP contribution in [-0.4, -0.2) is 33.3 Å². The Morgan fingerprint density at radius 2 is 1.93 bits per heavy atom. The zero-order chi connectivity index (χ0) is 18.9. The van der Waals surface area contributed by atoms with Crippen LogP contribution < -0.4 is 14.2 Å². The first kappa shape index (κ1) is 18.1. The molecule has 0 spiro atoms. The molecular weight excluding hydrogens is 390 g/mol. The summed E-state index contributed by atoms with van der Waals surface area (Å²) in [4.78, 5) is 0.975. The molecule has 1 aliphatic heterocycles. The van der Waals surface area contributed by atoms with E-state index in [4.69, 9.17) is 13.9 Å². The van der Waals surface area contributed by atoms with Gasteiger partial charge in [-0.3, -0.25) is 0 Å². The highest BCUT2D eigenvalue weighted by atomic mass is 32.2. The number of thiophene rings is 1. The molecule has 0 bridgehead atoms. The number of fused-ring (bicyclic) bond motifs is 1. The van der Waals surface area contributed by atoms with Crippen LogP contribution in [0.1, 0.15) is 11.9 Å². The van der Waals surface area contributed by atoms with E-state index >= 15 is 0 Å². The zero-order valence-electron chi connectivity index (χ0n) is 14.1. The SMILES string of the molecule is O=S(=O)(NCC(O)c1ccc(-c2cccs2)o1)c1ccc2c(c1)OCCO2. The summed E-state index contributed by atoms with van der Waals surface area (Å²) in [7, 11) is -3.82. The third-order valence-corrected chi connectivity index (χ3v) is 6.32. The molecule has 1 aliphatic rings. The van der Waals surface area contributed by atoms with Crippen molar-refractivity contribution < 1.29 is 27.4 Å². The third kappa shape index (κ3) is 3.86. The van der Waals surface area contributed by atoms with Gasteiger partial charge in [0.2, 0.25) is 10.0 Å². The topological polar surface area (TPSA) is 98.0 Å². The van der Waals surface area contributed by atoms with Crippen LogP contribution in [0, 0.1) is 0 Å². The number of hydrogen-bond acceptors (Lipinski definition) is 7. The summed E-state index contributed by atoms with van der Waals surface area (Å²) in [6.45, 7) is 0.585. The minimum atomic E-state index is -3.82. The van der Waals surface area contributed by atoms with Crippen molar-refractivity contribution in [1.29, 1.82) is 0 Å². The van der Waals surface area contributed by atoms with Crippen molar-refractivity contribution in [2.75, 3.05) is 19.8 Å². The van der Waals surface area contributed by atoms with Crippen molar-refractivity contribution in [2.24, 2.45) is 0 Å². The van der Waals surface area contributed by atoms with E-state index in [2.05, 4.69) is 4.72 Å². The van der Waals surface area contributed by atoms with Crippen LogP contribution in [0.2, 0.25) is 0 Å². The largest absolute Gasteiger partial charge is 0.486 e. The van der Waals surface area contributed by atoms with Gasteiger partial charge in [0, 0.05) is 12.6 Å². The van der Waals surface area contributed by atoms with Crippen LogP contribution in [-0.2, 0) is 10.0 Å². The van der Waals surface area contributed by atoms with Crippen LogP contribution in [0.15, 0.2) is 57.2 Å². The fourth-order valence-electron chi connectivity index (χ4n) is 2.65. The van der Waals surface area contributed by atoms with Gasteiger partial charge in [-0.25, -0.2) is 13.1 Å². The predicted octanol–water partition coefficient (Wildman–Crippen LogP) is 2.79. The van der Waals surface area contributed by atoms with Gasteiger partial charge in [0.15, 0.2) is 11.5 Å². The zero-order valence-corrected chi connectivity index (χ0v) is 15.8. The molecule has 7 nitrogen and oxygen atoms in total. The van der Waals surface area contributed by atoms with Crippen molar-refractivity contribution in [2.45, 2.75) is 11.0 Å². The van der Waals surface area contributed by atoms with E-state index in [1.807, 2.05) is 17.5 Å². The lowest BCUT2D eigenvalue weighted by molar-refractivity contribution is 0.155. The van der Waals surface area contributed by atoms with Gasteiger partial charge in [0.25, 0.3) is 0 Å². The van der Waals surface area contributed by atoms with Gasteiger partial charge in [0.1, 0.15) is 30.8 Å². The lowest BCUT2D eigenvalue weighted by atomic mass is 10.3. The fraction of sp³-hybridized carbons (Fsp3) is 0.222. The summed E-state index contributed by atoms with van der Waals surface area (Å²) in [5.41, 5.74) is 0. The maximum atomic E-state index is 12.5. The lowest BCUT2D eigenvalue weighted by Crippen LogP contribution is -2.28. The summed E-state index contributed by atoms with van der Waals surface area (Å²) in [6.07, 6.45) is -1.11. The Labute approximate surface area is 160 Å². The molecule has 0 saturated carbocycles. The van der Waals surface area contributed by atoms with E-state index in [1.165, 1.54) is 23.5 Å². The Bertz CT molecular complexity index is 1030. The van der Waals surface area contributed by atoms with E-state index in [1.54, 1.807) is 18.2 Å². The first-order chi connectivity index (χ1) is 13.0. The Morgan fingerprint density at radius 1 is 1.11 bits per heavy atom. The van der Waals surface area contributed by atoms with Gasteiger partial charge in [-0.05, 0) is 35.7 Å². The normalized spacial score (nSPS) is 14.9. The minimum Gasteiger partial charge on any atom is -0.486 e. The molecule has 27 heavy (non-hydrogen) atoms. The van der Waals surface area contributed by atoms with Crippen molar-refractivity contribution in [1.82, 2.24) is 4.72 Å². The Morgan fingerprint density at radius 3 is 2.70 bits per heavy atom. The van der Waals surface area contributed by atoms with Gasteiger partial charge < -0.3 is 19.0 Å². The molecule has 0 saturated heterocycles. The molecule has 0 aliphatic carbocycles. The Hall–Kier alpha value is -2.33. The van der Waals surface area contributed by atoms with Crippen LogP contribution in [0.5, 0.6) is 11.5 Å². The molecule has 3 aromatic rings. The van der Waals surface area contributed by atoms with Crippen LogP contribution in [0.4, 0.5) is 0 Å². The summed E-state index contributed by atoms with van der Waals surface area (Å²) in [6, 6.07) is 11.6. The standard InChI is InChI=1S/C18H17NO6S2/c20-13(14-5-6-16(25-14)18-2-1-9-26-18)11-19-27(21,22)12-3-4-15-17(10-12)24-8-7-23-15/h1-6,9-10,13,19-20H,7-8,11H2. The Kier molecular flexibility index (Phi) is 4.92. The Balaban J connectivity index is 1.44. The second-order valence-corrected chi connectivity index (χ2v) is 8.57. The molecule has 142 valence electrons. The number of aliphatic hydroxyl groups excluding tert-OH is 1. The van der Waals surface area contributed by atoms with Gasteiger partial charge in [-0.15, -0.1) is 11.3 Å². The van der Waals surface area contributed by atoms with E-state index in [0.717, 1.165) is 4.88 Å². The molecule has 0 amide bonds. The number of aliphatic hydroxyl groups is 1. The molecule has 4 rings (SSSR count). The monoisotopic (exact) mass is 407 g/mol. The smallest absolute Gasteiger partial charge is 0.240 e. The number of rotatable bonds is 6. The van der Waals surface area contributed by atoms with Gasteiger partial charge in [0.05, 0.1) is 9.77 Å². The van der Waals surface area contributed by atoms with Gasteiger partial charge >= 0.3 is 0 Å². The van der Waals surface area contributed by atoms with Gasteiger partial charge in [-0.1, -0.05) is 6.07 Å². The average molecular weight is 407 g/mol. The molecule has 0 fully saturated rings. The minimum absolute atomic E-state index is 0.0395. The summed E-state index contributed by atoms with van der Waals surface area (Å²) in [5.74, 6) is 1.82. The number of furan rings is 1. The first-order valence-corrected chi connectivity index (χ1v) is 10.6. The quantitative estimate of drug-likeness (QED) is 0.652. The van der Waals surface area contributed by atoms with Crippen molar-refractivity contribution in [3.05, 3.63) is 53.6 Å². The summed E-state index contributed by atoms with van der Waals surface area (Å²) in [5, 5.41) is 12.2. The average Bonchev–Trinajstić information content (AvgIpc) is 3.37. The van der Waals surface area contributed by atoms with Crippen molar-refractivity contribution in [3.63, 3.8) is 0 Å². The second-order valence-electron chi connectivity index (χ2n) is 5.85. The van der Waals surface area contributed by atoms with E-state index < -0.39 is 16.1 Å². The maximum Gasteiger partial charge on any atom is 0.240 e. The van der Waals surface area contributed by atoms with Crippen LogP contribution in [0.25, 0.3) is 10.6 Å². The number of hydrogen-bond donors (Lipinski definition) is 2. The number of benzene rings is 1. The summed E-state index contributed by atoms with van der Waals surface area (Å²) >= 11 is 1.52. The van der Waals surface area contributed by atoms with Crippen LogP contribution in [0.3, 0.4) is 0 Å². The predicted molar refractivity (Wildman–Crippen MR) is 99.6 cm³/mol. The third-order valence-electron chi connectivity index (χ3n) is 4.01. The molecule has 2 N–H and O–H groups in total. The van der Waals surface area contributed by atoms with E-state index in [0.29, 0.717) is 36.2 Å². The molecule has 9 heteroatoms. The fourth-order valence-corrected chi connectivity index (χ4v) is 4.39. The van der Waals surface area contributed by atoms with Crippen molar-refractivity contribution >= 4 is 21.4 Å². The summed E-state index contributed by atoms with van der Waals surface area (Å²) < 4.78 is 43.8.